The van der Waals surface area contributed by atoms with E-state index < -0.39 is 0 Å². The average Bonchev–Trinajstić information content (AvgIpc) is 1.75. The fraction of sp³-hybridized carbons (Fsp3) is 0. The molecule has 2 aromatic heterocycles. The number of rotatable bonds is 13. The van der Waals surface area contributed by atoms with E-state index in [0.717, 1.165) is 32.9 Å². The van der Waals surface area contributed by atoms with Crippen LogP contribution in [0.2, 0.25) is 0 Å². The minimum Gasteiger partial charge on any atom is -0.356 e. The molecule has 0 spiro atoms. The zero-order valence-corrected chi connectivity index (χ0v) is 65.7. The van der Waals surface area contributed by atoms with E-state index in [9.17, 15) is 0 Å². The summed E-state index contributed by atoms with van der Waals surface area (Å²) in [5, 5.41) is 18.7. The van der Waals surface area contributed by atoms with Crippen LogP contribution in [-0.4, -0.2) is 9.13 Å². The summed E-state index contributed by atoms with van der Waals surface area (Å²) in [4.78, 5) is 2.35. The smallest absolute Gasteiger partial charge is 0.0541 e. The molecule has 552 valence electrons. The van der Waals surface area contributed by atoms with Gasteiger partial charge in [-0.25, -0.2) is 0 Å². The number of hydrogen-bond donors (Lipinski definition) is 1. The van der Waals surface area contributed by atoms with Crippen molar-refractivity contribution in [1.29, 1.82) is 0 Å². The number of anilines is 5. The van der Waals surface area contributed by atoms with Gasteiger partial charge in [0.25, 0.3) is 0 Å². The number of benzene rings is 20. The number of halogens is 1. The molecule has 0 unspecified atom stereocenters. The van der Waals surface area contributed by atoms with Crippen molar-refractivity contribution in [2.24, 2.45) is 0 Å². The largest absolute Gasteiger partial charge is 0.356 e. The number of aromatic nitrogens is 2. The Balaban J connectivity index is 0.000000125. The Kier molecular flexibility index (Phi) is 19.2. The zero-order valence-electron chi connectivity index (χ0n) is 64.1. The molecule has 0 saturated carbocycles. The number of hydrogen-bond acceptors (Lipinski definition) is 2. The Morgan fingerprint density at radius 3 is 0.795 bits per heavy atom. The van der Waals surface area contributed by atoms with Crippen molar-refractivity contribution in [1.82, 2.24) is 9.13 Å². The zero-order chi connectivity index (χ0) is 78.0. The minimum atomic E-state index is 1.08. The highest BCUT2D eigenvalue weighted by Crippen LogP contribution is 2.48. The molecule has 0 saturated heterocycles. The van der Waals surface area contributed by atoms with Gasteiger partial charge in [0.1, 0.15) is 0 Å². The summed E-state index contributed by atoms with van der Waals surface area (Å²) in [6.07, 6.45) is 0. The van der Waals surface area contributed by atoms with Gasteiger partial charge < -0.3 is 19.4 Å². The van der Waals surface area contributed by atoms with Gasteiger partial charge in [-0.2, -0.15) is 0 Å². The van der Waals surface area contributed by atoms with Crippen LogP contribution in [0.3, 0.4) is 0 Å². The molecule has 0 aliphatic carbocycles. The number of para-hydroxylation sites is 6. The molecule has 0 bridgehead atoms. The maximum absolute atomic E-state index is 3.56. The normalized spacial score (nSPS) is 11.3. The van der Waals surface area contributed by atoms with Gasteiger partial charge in [0.05, 0.1) is 22.1 Å². The highest BCUT2D eigenvalue weighted by Gasteiger charge is 2.22. The van der Waals surface area contributed by atoms with Crippen LogP contribution in [-0.2, 0) is 0 Å². The van der Waals surface area contributed by atoms with Gasteiger partial charge in [0.2, 0.25) is 0 Å². The molecule has 4 nitrogen and oxygen atoms in total. The molecular weight excluding hydrogens is 1480 g/mol. The van der Waals surface area contributed by atoms with Gasteiger partial charge in [-0.1, -0.05) is 344 Å². The van der Waals surface area contributed by atoms with Crippen molar-refractivity contribution < 1.29 is 0 Å². The van der Waals surface area contributed by atoms with Crippen LogP contribution in [0, 0.1) is 0 Å². The quantitative estimate of drug-likeness (QED) is 0.116. The molecule has 0 atom stereocenters. The fourth-order valence-corrected chi connectivity index (χ4v) is 17.6. The highest BCUT2D eigenvalue weighted by atomic mass is 79.9. The third-order valence-electron chi connectivity index (χ3n) is 22.7. The Morgan fingerprint density at radius 2 is 0.427 bits per heavy atom. The van der Waals surface area contributed by atoms with Crippen molar-refractivity contribution >= 4 is 131 Å². The second-order valence-electron chi connectivity index (χ2n) is 29.6. The van der Waals surface area contributed by atoms with E-state index in [1.807, 2.05) is 18.2 Å². The minimum absolute atomic E-state index is 1.08. The van der Waals surface area contributed by atoms with Crippen LogP contribution >= 0.6 is 15.9 Å². The van der Waals surface area contributed by atoms with E-state index in [-0.39, 0.29) is 0 Å². The first-order chi connectivity index (χ1) is 58.0. The molecule has 20 aromatic carbocycles. The van der Waals surface area contributed by atoms with E-state index in [2.05, 4.69) is 478 Å². The van der Waals surface area contributed by atoms with Gasteiger partial charge in [0.15, 0.2) is 0 Å². The number of nitrogens with one attached hydrogen (secondary N) is 1. The van der Waals surface area contributed by atoms with Gasteiger partial charge in [-0.05, 0) is 243 Å². The molecule has 1 N–H and O–H groups in total. The second-order valence-corrected chi connectivity index (χ2v) is 30.5. The van der Waals surface area contributed by atoms with Crippen molar-refractivity contribution in [3.63, 3.8) is 0 Å². The first-order valence-electron chi connectivity index (χ1n) is 39.9. The first kappa shape index (κ1) is 71.2. The maximum atomic E-state index is 3.56. The third kappa shape index (κ3) is 13.7. The molecule has 22 aromatic rings. The Morgan fingerprint density at radius 1 is 0.179 bits per heavy atom. The summed E-state index contributed by atoms with van der Waals surface area (Å²) in [5.41, 5.74) is 27.6. The van der Waals surface area contributed by atoms with E-state index >= 15 is 0 Å². The predicted octanol–water partition coefficient (Wildman–Crippen LogP) is 31.8. The molecule has 2 heterocycles. The molecule has 0 radical (unpaired) electrons. The monoisotopic (exact) mass is 1560 g/mol. The maximum Gasteiger partial charge on any atom is 0.0541 e. The van der Waals surface area contributed by atoms with Crippen LogP contribution in [0.25, 0.3) is 165 Å². The lowest BCUT2D eigenvalue weighted by Crippen LogP contribution is -2.09. The van der Waals surface area contributed by atoms with Crippen molar-refractivity contribution in [2.45, 2.75) is 0 Å². The lowest BCUT2D eigenvalue weighted by Gasteiger charge is -2.26. The van der Waals surface area contributed by atoms with Crippen LogP contribution in [0.1, 0.15) is 0 Å². The molecule has 0 aliphatic rings. The van der Waals surface area contributed by atoms with Crippen molar-refractivity contribution in [3.8, 4) is 78.1 Å². The highest BCUT2D eigenvalue weighted by molar-refractivity contribution is 9.10. The molecule has 0 fully saturated rings. The molecule has 0 aliphatic heterocycles. The lowest BCUT2D eigenvalue weighted by molar-refractivity contribution is 1.18. The van der Waals surface area contributed by atoms with Crippen LogP contribution in [0.15, 0.2) is 466 Å². The third-order valence-corrected chi connectivity index (χ3v) is 23.2. The SMILES string of the molecule is Brc1ccc(-c2c3ccccc3c(-c3ccccc3)c3ccccc23)cc1.c1ccc(-c2c3ccccc3c(-c3ccc(N(c4ccccc4)c4ccc(-c5ccc6c(c5)c5ccccc5n6-c5ccccc5)cc4)cc3)c3ccccc23)cc1.c1ccc(Nc2ccc(-c3ccc4c(c3)c3ccccc3n4-c3ccccc3)cc2)cc1. The van der Waals surface area contributed by atoms with Gasteiger partial charge in [-0.15, -0.1) is 0 Å². The Hall–Kier alpha value is -14.9. The van der Waals surface area contributed by atoms with E-state index in [1.165, 1.54) is 165 Å². The molecule has 5 heteroatoms. The summed E-state index contributed by atoms with van der Waals surface area (Å²) in [5.74, 6) is 0. The topological polar surface area (TPSA) is 25.1 Å². The lowest BCUT2D eigenvalue weighted by atomic mass is 9.86. The van der Waals surface area contributed by atoms with Gasteiger partial charge in [0, 0.05) is 65.8 Å². The van der Waals surface area contributed by atoms with E-state index in [4.69, 9.17) is 0 Å². The van der Waals surface area contributed by atoms with Gasteiger partial charge in [-0.3, -0.25) is 0 Å². The predicted molar refractivity (Wildman–Crippen MR) is 503 cm³/mol. The van der Waals surface area contributed by atoms with E-state index in [1.54, 1.807) is 0 Å². The number of nitrogens with zero attached hydrogens (tertiary/aromatic N) is 3. The van der Waals surface area contributed by atoms with Crippen LogP contribution in [0.4, 0.5) is 28.4 Å². The summed E-state index contributed by atoms with van der Waals surface area (Å²) >= 11 is 3.56. The molecule has 22 rings (SSSR count). The summed E-state index contributed by atoms with van der Waals surface area (Å²) in [6.45, 7) is 0. The number of fused-ring (bicyclic) bond motifs is 10. The molecule has 0 amide bonds. The van der Waals surface area contributed by atoms with Crippen LogP contribution in [0.5, 0.6) is 0 Å². The summed E-state index contributed by atoms with van der Waals surface area (Å²) in [6, 6.07) is 165. The van der Waals surface area contributed by atoms with Crippen molar-refractivity contribution in [3.05, 3.63) is 466 Å². The van der Waals surface area contributed by atoms with E-state index in [0.29, 0.717) is 0 Å². The Labute approximate surface area is 689 Å². The van der Waals surface area contributed by atoms with Gasteiger partial charge >= 0.3 is 0 Å². The average molecular weight is 1560 g/mol. The summed E-state index contributed by atoms with van der Waals surface area (Å²) < 4.78 is 5.81. The second kappa shape index (κ2) is 31.6. The first-order valence-corrected chi connectivity index (χ1v) is 40.7. The molecular formula is C112H77BrN4. The molecule has 117 heavy (non-hydrogen) atoms. The van der Waals surface area contributed by atoms with Crippen molar-refractivity contribution in [2.75, 3.05) is 10.2 Å². The fourth-order valence-electron chi connectivity index (χ4n) is 17.4. The standard InChI is InChI=1S/C56H38N2.C30H22N2.C26H17Br/c1-4-16-40(17-5-1)55-48-23-10-12-25-50(48)56(51-26-13-11-24-49(51)55)41-30-35-46(36-31-41)57(43-18-6-2-7-19-43)45-33-28-39(29-34-45)42-32-37-54-52(38-42)47-22-14-15-27-53(47)58(54)44-20-8-3-9-21-44;1-3-9-24(10-4-1)31-25-18-15-22(16-19-25)23-17-20-30-28(21-23)27-13-7-8-14-29(27)32(30)26-11-5-2-6-12-26;27-20-16-14-19(15-17-20)26-23-12-6-4-10-21(23)25(18-8-2-1-3-9-18)22-11-5-7-13-24(22)26/h1-38H;1-21,31H;1-17H. The summed E-state index contributed by atoms with van der Waals surface area (Å²) in [7, 11) is 0. The van der Waals surface area contributed by atoms with Crippen LogP contribution < -0.4 is 10.2 Å². The Bertz CT molecular complexity index is 7220.